The fourth-order valence-electron chi connectivity index (χ4n) is 1.14. The number of nitrogens with two attached hydrogens (primary N) is 1. The number of nitrogens with one attached hydrogen (secondary N) is 1. The maximum atomic E-state index is 11.7. The Kier molecular flexibility index (Phi) is 3.21. The van der Waals surface area contributed by atoms with Crippen LogP contribution in [-0.2, 0) is 10.0 Å². The molecule has 0 amide bonds. The molecule has 0 aliphatic rings. The van der Waals surface area contributed by atoms with Crippen molar-refractivity contribution >= 4 is 15.7 Å². The molecule has 0 radical (unpaired) electrons. The van der Waals surface area contributed by atoms with E-state index < -0.39 is 10.0 Å². The van der Waals surface area contributed by atoms with Crippen molar-refractivity contribution < 1.29 is 13.5 Å². The number of rotatable bonds is 3. The Morgan fingerprint density at radius 3 is 2.53 bits per heavy atom. The minimum Gasteiger partial charge on any atom is -0.506 e. The molecule has 0 saturated heterocycles. The van der Waals surface area contributed by atoms with E-state index in [2.05, 4.69) is 4.72 Å². The summed E-state index contributed by atoms with van der Waals surface area (Å²) in [7, 11) is -3.65. The highest BCUT2D eigenvalue weighted by atomic mass is 32.2. The van der Waals surface area contributed by atoms with Gasteiger partial charge in [-0.2, -0.15) is 0 Å². The van der Waals surface area contributed by atoms with Gasteiger partial charge < -0.3 is 10.8 Å². The second-order valence-corrected chi connectivity index (χ2v) is 5.15. The second kappa shape index (κ2) is 4.08. The molecule has 1 aromatic carbocycles. The summed E-state index contributed by atoms with van der Waals surface area (Å²) in [5.41, 5.74) is 5.34. The maximum absolute atomic E-state index is 11.7. The molecule has 0 saturated carbocycles. The molecule has 84 valence electrons. The second-order valence-electron chi connectivity index (χ2n) is 3.46. The van der Waals surface area contributed by atoms with E-state index in [1.54, 1.807) is 13.8 Å². The molecule has 0 unspecified atom stereocenters. The summed E-state index contributed by atoms with van der Waals surface area (Å²) in [6, 6.07) is 3.89. The number of hydrogen-bond acceptors (Lipinski definition) is 4. The topological polar surface area (TPSA) is 92.4 Å². The molecule has 6 heteroatoms. The van der Waals surface area contributed by atoms with E-state index in [9.17, 15) is 13.5 Å². The number of phenolic OH excluding ortho intramolecular Hbond substituents is 1. The van der Waals surface area contributed by atoms with Crippen LogP contribution in [0.3, 0.4) is 0 Å². The van der Waals surface area contributed by atoms with E-state index in [0.29, 0.717) is 0 Å². The monoisotopic (exact) mass is 230 g/mol. The summed E-state index contributed by atoms with van der Waals surface area (Å²) in [5, 5.41) is 9.28. The average molecular weight is 230 g/mol. The third kappa shape index (κ3) is 2.60. The highest BCUT2D eigenvalue weighted by Gasteiger charge is 2.19. The van der Waals surface area contributed by atoms with Crippen LogP contribution in [0.1, 0.15) is 13.8 Å². The summed E-state index contributed by atoms with van der Waals surface area (Å²) in [6.07, 6.45) is 0. The van der Waals surface area contributed by atoms with Gasteiger partial charge >= 0.3 is 0 Å². The first-order valence-electron chi connectivity index (χ1n) is 4.44. The fraction of sp³-hybridized carbons (Fsp3) is 0.333. The third-order valence-corrected chi connectivity index (χ3v) is 3.44. The molecule has 0 spiro atoms. The standard InChI is InChI=1S/C9H14N2O3S/c1-6(2)11-15(13,14)8-5-3-4-7(12)9(8)10/h3-6,11-12H,10H2,1-2H3. The molecule has 4 N–H and O–H groups in total. The Hall–Kier alpha value is -1.27. The molecule has 0 fully saturated rings. The van der Waals surface area contributed by atoms with Crippen LogP contribution in [-0.4, -0.2) is 19.6 Å². The summed E-state index contributed by atoms with van der Waals surface area (Å²) in [4.78, 5) is -0.101. The number of sulfonamides is 1. The van der Waals surface area contributed by atoms with E-state index in [-0.39, 0.29) is 22.4 Å². The van der Waals surface area contributed by atoms with Crippen LogP contribution in [0.4, 0.5) is 5.69 Å². The van der Waals surface area contributed by atoms with E-state index in [0.717, 1.165) is 0 Å². The highest BCUT2D eigenvalue weighted by molar-refractivity contribution is 7.89. The number of hydrogen-bond donors (Lipinski definition) is 3. The van der Waals surface area contributed by atoms with Gasteiger partial charge in [0.05, 0.1) is 5.69 Å². The van der Waals surface area contributed by atoms with Gasteiger partial charge in [-0.25, -0.2) is 13.1 Å². The average Bonchev–Trinajstić information content (AvgIpc) is 2.07. The molecule has 0 aliphatic heterocycles. The minimum atomic E-state index is -3.65. The van der Waals surface area contributed by atoms with Crippen LogP contribution in [0.15, 0.2) is 23.1 Å². The van der Waals surface area contributed by atoms with Gasteiger partial charge in [0.2, 0.25) is 10.0 Å². The Balaban J connectivity index is 3.22. The third-order valence-electron chi connectivity index (χ3n) is 1.72. The quantitative estimate of drug-likeness (QED) is 0.525. The highest BCUT2D eigenvalue weighted by Crippen LogP contribution is 2.27. The smallest absolute Gasteiger partial charge is 0.242 e. The molecule has 0 aliphatic carbocycles. The first-order valence-corrected chi connectivity index (χ1v) is 5.92. The van der Waals surface area contributed by atoms with Gasteiger partial charge in [0.1, 0.15) is 10.6 Å². The lowest BCUT2D eigenvalue weighted by Gasteiger charge is -2.11. The van der Waals surface area contributed by atoms with Crippen molar-refractivity contribution in [3.8, 4) is 5.75 Å². The van der Waals surface area contributed by atoms with Gasteiger partial charge in [-0.1, -0.05) is 6.07 Å². The molecule has 0 aromatic heterocycles. The number of aromatic hydroxyl groups is 1. The Morgan fingerprint density at radius 1 is 1.40 bits per heavy atom. The first-order chi connectivity index (χ1) is 6.84. The predicted octanol–water partition coefficient (Wildman–Crippen LogP) is 0.661. The molecule has 0 bridgehead atoms. The molecular formula is C9H14N2O3S. The van der Waals surface area contributed by atoms with Crippen molar-refractivity contribution in [3.05, 3.63) is 18.2 Å². The summed E-state index contributed by atoms with van der Waals surface area (Å²) >= 11 is 0. The summed E-state index contributed by atoms with van der Waals surface area (Å²) in [5.74, 6) is -0.235. The molecule has 15 heavy (non-hydrogen) atoms. The minimum absolute atomic E-state index is 0.101. The van der Waals surface area contributed by atoms with E-state index in [1.807, 2.05) is 0 Å². The lowest BCUT2D eigenvalue weighted by Crippen LogP contribution is -2.30. The van der Waals surface area contributed by atoms with Crippen molar-refractivity contribution in [2.24, 2.45) is 0 Å². The molecule has 0 atom stereocenters. The summed E-state index contributed by atoms with van der Waals surface area (Å²) in [6.45, 7) is 3.41. The predicted molar refractivity (Wildman–Crippen MR) is 58.0 cm³/mol. The lowest BCUT2D eigenvalue weighted by molar-refractivity contribution is 0.476. The number of benzene rings is 1. The van der Waals surface area contributed by atoms with Gasteiger partial charge in [-0.05, 0) is 26.0 Å². The Bertz CT molecular complexity index is 454. The number of para-hydroxylation sites is 1. The number of anilines is 1. The lowest BCUT2D eigenvalue weighted by atomic mass is 10.3. The van der Waals surface area contributed by atoms with Crippen LogP contribution in [0.25, 0.3) is 0 Å². The Labute approximate surface area is 89.0 Å². The fourth-order valence-corrected chi connectivity index (χ4v) is 2.54. The van der Waals surface area contributed by atoms with E-state index in [1.165, 1.54) is 18.2 Å². The first kappa shape index (κ1) is 11.8. The van der Waals surface area contributed by atoms with Gasteiger partial charge in [0, 0.05) is 6.04 Å². The largest absolute Gasteiger partial charge is 0.506 e. The summed E-state index contributed by atoms with van der Waals surface area (Å²) < 4.78 is 25.8. The molecule has 0 heterocycles. The van der Waals surface area contributed by atoms with Crippen LogP contribution >= 0.6 is 0 Å². The zero-order valence-electron chi connectivity index (χ0n) is 8.56. The van der Waals surface area contributed by atoms with Crippen molar-refractivity contribution in [2.45, 2.75) is 24.8 Å². The van der Waals surface area contributed by atoms with Gasteiger partial charge in [-0.3, -0.25) is 0 Å². The van der Waals surface area contributed by atoms with Gasteiger partial charge in [-0.15, -0.1) is 0 Å². The van der Waals surface area contributed by atoms with E-state index >= 15 is 0 Å². The van der Waals surface area contributed by atoms with Crippen molar-refractivity contribution in [1.29, 1.82) is 0 Å². The van der Waals surface area contributed by atoms with Crippen molar-refractivity contribution in [1.82, 2.24) is 4.72 Å². The molecule has 5 nitrogen and oxygen atoms in total. The van der Waals surface area contributed by atoms with Gasteiger partial charge in [0.25, 0.3) is 0 Å². The molecular weight excluding hydrogens is 216 g/mol. The maximum Gasteiger partial charge on any atom is 0.242 e. The molecule has 1 rings (SSSR count). The Morgan fingerprint density at radius 2 is 2.00 bits per heavy atom. The number of phenols is 1. The van der Waals surface area contributed by atoms with Crippen LogP contribution in [0, 0.1) is 0 Å². The van der Waals surface area contributed by atoms with Crippen LogP contribution < -0.4 is 10.5 Å². The van der Waals surface area contributed by atoms with Gasteiger partial charge in [0.15, 0.2) is 0 Å². The van der Waals surface area contributed by atoms with Crippen LogP contribution in [0.2, 0.25) is 0 Å². The number of nitrogen functional groups attached to an aromatic ring is 1. The molecule has 1 aromatic rings. The van der Waals surface area contributed by atoms with Crippen molar-refractivity contribution in [3.63, 3.8) is 0 Å². The SMILES string of the molecule is CC(C)NS(=O)(=O)c1cccc(O)c1N. The normalized spacial score (nSPS) is 11.9. The van der Waals surface area contributed by atoms with Crippen molar-refractivity contribution in [2.75, 3.05) is 5.73 Å². The van der Waals surface area contributed by atoms with Crippen LogP contribution in [0.5, 0.6) is 5.75 Å². The zero-order chi connectivity index (χ0) is 11.6. The van der Waals surface area contributed by atoms with E-state index in [4.69, 9.17) is 5.73 Å². The zero-order valence-corrected chi connectivity index (χ0v) is 9.38.